The first-order valence-corrected chi connectivity index (χ1v) is 5.93. The summed E-state index contributed by atoms with van der Waals surface area (Å²) in [4.78, 5) is 4.18. The zero-order chi connectivity index (χ0) is 10.7. The molecule has 0 spiro atoms. The van der Waals surface area contributed by atoms with Crippen LogP contribution in [0.15, 0.2) is 34.2 Å². The number of nitrogens with zero attached hydrogens (tertiary/aromatic N) is 1. The van der Waals surface area contributed by atoms with Crippen LogP contribution < -0.4 is 4.74 Å². The van der Waals surface area contributed by atoms with Gasteiger partial charge in [0.05, 0.1) is 0 Å². The standard InChI is InChI=1S/C10H8BrNO2S/c11-9-6-15-10(12-9)5-14-8-4-2-1-3-7(8)13/h1-4,6,13H,5H2. The van der Waals surface area contributed by atoms with Crippen LogP contribution in [0.4, 0.5) is 0 Å². The van der Waals surface area contributed by atoms with Gasteiger partial charge in [0.2, 0.25) is 0 Å². The van der Waals surface area contributed by atoms with E-state index in [0.29, 0.717) is 12.4 Å². The molecule has 2 rings (SSSR count). The van der Waals surface area contributed by atoms with E-state index in [-0.39, 0.29) is 5.75 Å². The zero-order valence-corrected chi connectivity index (χ0v) is 10.1. The van der Waals surface area contributed by atoms with E-state index in [9.17, 15) is 5.11 Å². The zero-order valence-electron chi connectivity index (χ0n) is 7.68. The molecular weight excluding hydrogens is 278 g/mol. The second kappa shape index (κ2) is 4.63. The summed E-state index contributed by atoms with van der Waals surface area (Å²) >= 11 is 4.78. The van der Waals surface area contributed by atoms with Gasteiger partial charge in [0.15, 0.2) is 11.5 Å². The number of halogens is 1. The molecule has 3 nitrogen and oxygen atoms in total. The van der Waals surface area contributed by atoms with Gasteiger partial charge in [-0.15, -0.1) is 11.3 Å². The molecule has 5 heteroatoms. The predicted octanol–water partition coefficient (Wildman–Crippen LogP) is 3.19. The van der Waals surface area contributed by atoms with E-state index in [1.54, 1.807) is 18.2 Å². The SMILES string of the molecule is Oc1ccccc1OCc1nc(Br)cs1. The molecule has 0 aliphatic rings. The number of thiazole rings is 1. The van der Waals surface area contributed by atoms with Crippen molar-refractivity contribution in [2.75, 3.05) is 0 Å². The van der Waals surface area contributed by atoms with Crippen molar-refractivity contribution in [1.82, 2.24) is 4.98 Å². The van der Waals surface area contributed by atoms with Gasteiger partial charge in [-0.1, -0.05) is 12.1 Å². The maximum Gasteiger partial charge on any atom is 0.161 e. The third-order valence-corrected chi connectivity index (χ3v) is 3.27. The average Bonchev–Trinajstić information content (AvgIpc) is 2.63. The maximum atomic E-state index is 9.44. The molecule has 0 aliphatic heterocycles. The number of ether oxygens (including phenoxy) is 1. The Hall–Kier alpha value is -1.07. The van der Waals surface area contributed by atoms with Crippen LogP contribution in [0, 0.1) is 0 Å². The lowest BCUT2D eigenvalue weighted by Gasteiger charge is -2.05. The molecule has 0 unspecified atom stereocenters. The van der Waals surface area contributed by atoms with Crippen molar-refractivity contribution in [2.45, 2.75) is 6.61 Å². The van der Waals surface area contributed by atoms with Gasteiger partial charge in [-0.2, -0.15) is 0 Å². The summed E-state index contributed by atoms with van der Waals surface area (Å²) in [5.41, 5.74) is 0. The van der Waals surface area contributed by atoms with Crippen LogP contribution >= 0.6 is 27.3 Å². The molecule has 0 atom stereocenters. The van der Waals surface area contributed by atoms with Crippen molar-refractivity contribution < 1.29 is 9.84 Å². The van der Waals surface area contributed by atoms with E-state index in [1.165, 1.54) is 11.3 Å². The van der Waals surface area contributed by atoms with Crippen molar-refractivity contribution in [3.8, 4) is 11.5 Å². The molecule has 0 amide bonds. The lowest BCUT2D eigenvalue weighted by molar-refractivity contribution is 0.288. The first kappa shape index (κ1) is 10.4. The first-order valence-electron chi connectivity index (χ1n) is 4.26. The van der Waals surface area contributed by atoms with Gasteiger partial charge in [0.25, 0.3) is 0 Å². The number of benzene rings is 1. The highest BCUT2D eigenvalue weighted by molar-refractivity contribution is 9.10. The Bertz CT molecular complexity index is 458. The minimum Gasteiger partial charge on any atom is -0.504 e. The van der Waals surface area contributed by atoms with E-state index < -0.39 is 0 Å². The Balaban J connectivity index is 2.02. The first-order chi connectivity index (χ1) is 7.25. The summed E-state index contributed by atoms with van der Waals surface area (Å²) in [6.45, 7) is 0.369. The molecule has 0 aliphatic carbocycles. The molecule has 1 aromatic heterocycles. The van der Waals surface area contributed by atoms with Gasteiger partial charge in [0.1, 0.15) is 16.2 Å². The van der Waals surface area contributed by atoms with Gasteiger partial charge in [-0.05, 0) is 28.1 Å². The van der Waals surface area contributed by atoms with Crippen molar-refractivity contribution in [3.05, 3.63) is 39.3 Å². The van der Waals surface area contributed by atoms with E-state index in [2.05, 4.69) is 20.9 Å². The van der Waals surface area contributed by atoms with E-state index in [1.807, 2.05) is 11.4 Å². The van der Waals surface area contributed by atoms with Crippen molar-refractivity contribution >= 4 is 27.3 Å². The van der Waals surface area contributed by atoms with Gasteiger partial charge in [-0.3, -0.25) is 0 Å². The largest absolute Gasteiger partial charge is 0.504 e. The summed E-state index contributed by atoms with van der Waals surface area (Å²) in [7, 11) is 0. The summed E-state index contributed by atoms with van der Waals surface area (Å²) < 4.78 is 6.22. The van der Waals surface area contributed by atoms with Crippen molar-refractivity contribution in [3.63, 3.8) is 0 Å². The fourth-order valence-corrected chi connectivity index (χ4v) is 2.25. The Morgan fingerprint density at radius 3 is 2.87 bits per heavy atom. The van der Waals surface area contributed by atoms with Crippen LogP contribution in [0.25, 0.3) is 0 Å². The van der Waals surface area contributed by atoms with E-state index in [4.69, 9.17) is 4.74 Å². The maximum absolute atomic E-state index is 9.44. The molecule has 0 saturated heterocycles. The fraction of sp³-hybridized carbons (Fsp3) is 0.100. The van der Waals surface area contributed by atoms with Crippen LogP contribution in [0.5, 0.6) is 11.5 Å². The third-order valence-electron chi connectivity index (χ3n) is 1.74. The Kier molecular flexibility index (Phi) is 3.23. The molecule has 0 bridgehead atoms. The summed E-state index contributed by atoms with van der Waals surface area (Å²) in [5, 5.41) is 12.2. The van der Waals surface area contributed by atoms with Gasteiger partial charge >= 0.3 is 0 Å². The van der Waals surface area contributed by atoms with Crippen LogP contribution in [0.3, 0.4) is 0 Å². The highest BCUT2D eigenvalue weighted by atomic mass is 79.9. The number of aromatic nitrogens is 1. The van der Waals surface area contributed by atoms with Gasteiger partial charge < -0.3 is 9.84 Å². The number of para-hydroxylation sites is 2. The van der Waals surface area contributed by atoms with Crippen LogP contribution in [0.1, 0.15) is 5.01 Å². The normalized spacial score (nSPS) is 10.2. The van der Waals surface area contributed by atoms with Crippen molar-refractivity contribution in [2.24, 2.45) is 0 Å². The Morgan fingerprint density at radius 1 is 1.40 bits per heavy atom. The topological polar surface area (TPSA) is 42.4 Å². The Morgan fingerprint density at radius 2 is 2.20 bits per heavy atom. The summed E-state index contributed by atoms with van der Waals surface area (Å²) in [6.07, 6.45) is 0. The van der Waals surface area contributed by atoms with Gasteiger partial charge in [-0.25, -0.2) is 4.98 Å². The molecule has 0 saturated carbocycles. The lowest BCUT2D eigenvalue weighted by Crippen LogP contribution is -1.94. The number of phenolic OH excluding ortho intramolecular Hbond substituents is 1. The molecule has 1 heterocycles. The van der Waals surface area contributed by atoms with Crippen molar-refractivity contribution in [1.29, 1.82) is 0 Å². The minimum atomic E-state index is 0.146. The summed E-state index contributed by atoms with van der Waals surface area (Å²) in [5.74, 6) is 0.622. The minimum absolute atomic E-state index is 0.146. The summed E-state index contributed by atoms with van der Waals surface area (Å²) in [6, 6.07) is 6.88. The molecule has 1 N–H and O–H groups in total. The molecule has 78 valence electrons. The molecule has 15 heavy (non-hydrogen) atoms. The fourth-order valence-electron chi connectivity index (χ4n) is 1.07. The van der Waals surface area contributed by atoms with Crippen LogP contribution in [-0.4, -0.2) is 10.1 Å². The highest BCUT2D eigenvalue weighted by Crippen LogP contribution is 2.26. The van der Waals surface area contributed by atoms with Crippen LogP contribution in [0.2, 0.25) is 0 Å². The number of aromatic hydroxyl groups is 1. The third kappa shape index (κ3) is 2.70. The van der Waals surface area contributed by atoms with E-state index in [0.717, 1.165) is 9.61 Å². The van der Waals surface area contributed by atoms with Crippen LogP contribution in [-0.2, 0) is 6.61 Å². The molecule has 2 aromatic rings. The molecular formula is C10H8BrNO2S. The smallest absolute Gasteiger partial charge is 0.161 e. The van der Waals surface area contributed by atoms with Gasteiger partial charge in [0, 0.05) is 5.38 Å². The average molecular weight is 286 g/mol. The molecule has 0 fully saturated rings. The number of hydrogen-bond acceptors (Lipinski definition) is 4. The number of rotatable bonds is 3. The van der Waals surface area contributed by atoms with E-state index >= 15 is 0 Å². The number of hydrogen-bond donors (Lipinski definition) is 1. The second-order valence-corrected chi connectivity index (χ2v) is 4.58. The lowest BCUT2D eigenvalue weighted by atomic mass is 10.3. The number of phenols is 1. The molecule has 1 aromatic carbocycles. The highest BCUT2D eigenvalue weighted by Gasteiger charge is 2.03. The second-order valence-electron chi connectivity index (χ2n) is 2.82. The molecule has 0 radical (unpaired) electrons. The quantitative estimate of drug-likeness (QED) is 0.942. The predicted molar refractivity (Wildman–Crippen MR) is 62.3 cm³/mol. The monoisotopic (exact) mass is 285 g/mol. The Labute approximate surface area is 99.5 Å².